The number of aromatic nitrogens is 2. The summed E-state index contributed by atoms with van der Waals surface area (Å²) in [5.41, 5.74) is 1.58. The second kappa shape index (κ2) is 8.36. The fourth-order valence-electron chi connectivity index (χ4n) is 3.96. The van der Waals surface area contributed by atoms with Gasteiger partial charge in [0.25, 0.3) is 10.0 Å². The fourth-order valence-corrected chi connectivity index (χ4v) is 5.21. The van der Waals surface area contributed by atoms with Gasteiger partial charge in [-0.3, -0.25) is 19.6 Å². The number of amidine groups is 1. The molecular formula is C20H25N5O3S. The standard InChI is InChI=1S/C20H25N5O3S/c26-19(22-18-13-15(23-24-18)12-14-6-2-1-3-7-14)10-11-21-20-16-8-4-5-9-17(16)29(27,28)25-20/h4-5,8-9,13-14H,1-3,6-7,10-12H2,(H,21,25)(H2,22,23,24,26). The number of aromatic amines is 1. The second-order valence-electron chi connectivity index (χ2n) is 7.62. The van der Waals surface area contributed by atoms with E-state index in [1.165, 1.54) is 38.2 Å². The molecule has 0 bridgehead atoms. The van der Waals surface area contributed by atoms with E-state index in [4.69, 9.17) is 0 Å². The number of nitrogens with zero attached hydrogens (tertiary/aromatic N) is 2. The van der Waals surface area contributed by atoms with Crippen LogP contribution < -0.4 is 10.0 Å². The maximum atomic E-state index is 12.2. The van der Waals surface area contributed by atoms with Crippen molar-refractivity contribution in [2.24, 2.45) is 10.9 Å². The van der Waals surface area contributed by atoms with Crippen molar-refractivity contribution in [2.75, 3.05) is 11.9 Å². The molecule has 2 heterocycles. The van der Waals surface area contributed by atoms with Crippen LogP contribution in [0, 0.1) is 5.92 Å². The number of fused-ring (bicyclic) bond motifs is 1. The highest BCUT2D eigenvalue weighted by Crippen LogP contribution is 2.27. The van der Waals surface area contributed by atoms with Crippen molar-refractivity contribution >= 4 is 27.6 Å². The summed E-state index contributed by atoms with van der Waals surface area (Å²) in [4.78, 5) is 16.7. The Hall–Kier alpha value is -2.68. The fraction of sp³-hybridized carbons (Fsp3) is 0.450. The smallest absolute Gasteiger partial charge is 0.263 e. The predicted octanol–water partition coefficient (Wildman–Crippen LogP) is 2.60. The summed E-state index contributed by atoms with van der Waals surface area (Å²) in [7, 11) is -3.56. The van der Waals surface area contributed by atoms with E-state index in [0.29, 0.717) is 17.3 Å². The summed E-state index contributed by atoms with van der Waals surface area (Å²) in [5, 5.41) is 9.95. The average Bonchev–Trinajstić information content (AvgIpc) is 3.24. The average molecular weight is 416 g/mol. The van der Waals surface area contributed by atoms with Crippen LogP contribution in [-0.4, -0.2) is 36.9 Å². The van der Waals surface area contributed by atoms with Gasteiger partial charge >= 0.3 is 0 Å². The van der Waals surface area contributed by atoms with E-state index >= 15 is 0 Å². The van der Waals surface area contributed by atoms with Gasteiger partial charge in [-0.1, -0.05) is 44.2 Å². The minimum Gasteiger partial charge on any atom is -0.309 e. The molecule has 0 radical (unpaired) electrons. The maximum absolute atomic E-state index is 12.2. The molecule has 0 saturated heterocycles. The molecule has 1 amide bonds. The van der Waals surface area contributed by atoms with Gasteiger partial charge in [-0.2, -0.15) is 5.10 Å². The second-order valence-corrected chi connectivity index (χ2v) is 9.27. The molecule has 1 aliphatic carbocycles. The number of amides is 1. The highest BCUT2D eigenvalue weighted by molar-refractivity contribution is 7.90. The van der Waals surface area contributed by atoms with Crippen LogP contribution in [0.15, 0.2) is 40.2 Å². The van der Waals surface area contributed by atoms with Crippen molar-refractivity contribution in [3.05, 3.63) is 41.6 Å². The lowest BCUT2D eigenvalue weighted by molar-refractivity contribution is -0.116. The van der Waals surface area contributed by atoms with E-state index in [1.54, 1.807) is 18.2 Å². The SMILES string of the molecule is O=C(CCN=C1NS(=O)(=O)c2ccccc21)Nc1cc(CC2CCCCC2)[nH]n1. The minimum absolute atomic E-state index is 0.137. The first kappa shape index (κ1) is 19.6. The van der Waals surface area contributed by atoms with Gasteiger partial charge in [-0.25, -0.2) is 8.42 Å². The third-order valence-corrected chi connectivity index (χ3v) is 6.80. The van der Waals surface area contributed by atoms with Gasteiger partial charge in [0.05, 0.1) is 11.4 Å². The number of rotatable bonds is 6. The molecule has 0 unspecified atom stereocenters. The van der Waals surface area contributed by atoms with E-state index in [-0.39, 0.29) is 29.6 Å². The Balaban J connectivity index is 1.29. The maximum Gasteiger partial charge on any atom is 0.263 e. The Labute approximate surface area is 170 Å². The highest BCUT2D eigenvalue weighted by Gasteiger charge is 2.29. The molecule has 1 aromatic heterocycles. The van der Waals surface area contributed by atoms with Crippen LogP contribution in [0.3, 0.4) is 0 Å². The van der Waals surface area contributed by atoms with Crippen LogP contribution in [0.5, 0.6) is 0 Å². The molecule has 9 heteroatoms. The zero-order valence-electron chi connectivity index (χ0n) is 16.1. The first-order valence-electron chi connectivity index (χ1n) is 10.0. The summed E-state index contributed by atoms with van der Waals surface area (Å²) >= 11 is 0. The number of aliphatic imine (C=N–C) groups is 1. The number of sulfonamides is 1. The third kappa shape index (κ3) is 4.67. The molecule has 8 nitrogen and oxygen atoms in total. The normalized spacial score (nSPS) is 19.7. The Bertz CT molecular complexity index is 1020. The summed E-state index contributed by atoms with van der Waals surface area (Å²) in [5.74, 6) is 1.28. The van der Waals surface area contributed by atoms with Crippen molar-refractivity contribution in [3.8, 4) is 0 Å². The van der Waals surface area contributed by atoms with Crippen LogP contribution in [0.1, 0.15) is 49.8 Å². The van der Waals surface area contributed by atoms with Crippen molar-refractivity contribution in [3.63, 3.8) is 0 Å². The monoisotopic (exact) mass is 415 g/mol. The van der Waals surface area contributed by atoms with Gasteiger partial charge in [0.1, 0.15) is 5.84 Å². The Morgan fingerprint density at radius 1 is 1.21 bits per heavy atom. The number of nitrogens with one attached hydrogen (secondary N) is 3. The molecule has 4 rings (SSSR count). The molecule has 29 heavy (non-hydrogen) atoms. The van der Waals surface area contributed by atoms with E-state index in [0.717, 1.165) is 12.1 Å². The number of hydrogen-bond acceptors (Lipinski definition) is 5. The lowest BCUT2D eigenvalue weighted by atomic mass is 9.86. The Morgan fingerprint density at radius 3 is 2.83 bits per heavy atom. The number of H-pyrrole nitrogens is 1. The summed E-state index contributed by atoms with van der Waals surface area (Å²) in [6.07, 6.45) is 7.55. The van der Waals surface area contributed by atoms with Crippen LogP contribution in [0.2, 0.25) is 0 Å². The zero-order chi connectivity index (χ0) is 20.3. The van der Waals surface area contributed by atoms with Gasteiger partial charge in [0, 0.05) is 23.7 Å². The van der Waals surface area contributed by atoms with Crippen molar-refractivity contribution < 1.29 is 13.2 Å². The Kier molecular flexibility index (Phi) is 5.66. The summed E-state index contributed by atoms with van der Waals surface area (Å²) in [6.45, 7) is 0.178. The molecule has 154 valence electrons. The van der Waals surface area contributed by atoms with E-state index in [2.05, 4.69) is 25.2 Å². The van der Waals surface area contributed by atoms with Crippen LogP contribution in [0.4, 0.5) is 5.82 Å². The first-order chi connectivity index (χ1) is 14.0. The topological polar surface area (TPSA) is 116 Å². The number of carbonyl (C=O) groups excluding carboxylic acids is 1. The summed E-state index contributed by atoms with van der Waals surface area (Å²) in [6, 6.07) is 8.55. The molecule has 3 N–H and O–H groups in total. The van der Waals surface area contributed by atoms with Gasteiger partial charge in [0.2, 0.25) is 5.91 Å². The largest absolute Gasteiger partial charge is 0.309 e. The van der Waals surface area contributed by atoms with Crippen LogP contribution >= 0.6 is 0 Å². The molecule has 2 aromatic rings. The highest BCUT2D eigenvalue weighted by atomic mass is 32.2. The van der Waals surface area contributed by atoms with E-state index < -0.39 is 10.0 Å². The molecule has 0 atom stereocenters. The quantitative estimate of drug-likeness (QED) is 0.672. The first-order valence-corrected chi connectivity index (χ1v) is 11.5. The van der Waals surface area contributed by atoms with Gasteiger partial charge in [-0.05, 0) is 24.5 Å². The summed E-state index contributed by atoms with van der Waals surface area (Å²) < 4.78 is 26.6. The van der Waals surface area contributed by atoms with Crippen molar-refractivity contribution in [2.45, 2.75) is 49.8 Å². The van der Waals surface area contributed by atoms with Crippen LogP contribution in [0.25, 0.3) is 0 Å². The van der Waals surface area contributed by atoms with E-state index in [1.807, 2.05) is 6.07 Å². The number of carbonyl (C=O) groups is 1. The van der Waals surface area contributed by atoms with Crippen molar-refractivity contribution in [1.29, 1.82) is 0 Å². The third-order valence-electron chi connectivity index (χ3n) is 5.40. The minimum atomic E-state index is -3.56. The predicted molar refractivity (Wildman–Crippen MR) is 110 cm³/mol. The molecule has 1 aromatic carbocycles. The molecule has 0 spiro atoms. The zero-order valence-corrected chi connectivity index (χ0v) is 17.0. The van der Waals surface area contributed by atoms with Gasteiger partial charge in [0.15, 0.2) is 5.82 Å². The number of anilines is 1. The van der Waals surface area contributed by atoms with Gasteiger partial charge < -0.3 is 5.32 Å². The van der Waals surface area contributed by atoms with Crippen LogP contribution in [-0.2, 0) is 21.2 Å². The van der Waals surface area contributed by atoms with Crippen molar-refractivity contribution in [1.82, 2.24) is 14.9 Å². The lowest BCUT2D eigenvalue weighted by Crippen LogP contribution is -2.23. The molecule has 1 fully saturated rings. The van der Waals surface area contributed by atoms with E-state index in [9.17, 15) is 13.2 Å². The molecular weight excluding hydrogens is 390 g/mol. The molecule has 2 aliphatic rings. The molecule has 1 saturated carbocycles. The Morgan fingerprint density at radius 2 is 2.00 bits per heavy atom. The number of benzene rings is 1. The number of hydrogen-bond donors (Lipinski definition) is 3. The lowest BCUT2D eigenvalue weighted by Gasteiger charge is -2.20. The molecule has 1 aliphatic heterocycles. The van der Waals surface area contributed by atoms with Gasteiger partial charge in [-0.15, -0.1) is 0 Å².